The lowest BCUT2D eigenvalue weighted by atomic mass is 9.94. The van der Waals surface area contributed by atoms with Gasteiger partial charge in [-0.1, -0.05) is 322 Å². The number of rotatable bonds is 3. The molecule has 6 heteroatoms. The third kappa shape index (κ3) is 9.48. The number of hydrogen-bond acceptors (Lipinski definition) is 3. The molecule has 564 valence electrons. The Hall–Kier alpha value is -16.3. The fourth-order valence-corrected chi connectivity index (χ4v) is 21.6. The van der Waals surface area contributed by atoms with Gasteiger partial charge in [0.2, 0.25) is 0 Å². The maximum atomic E-state index is 2.49. The first-order chi connectivity index (χ1) is 60.6. The maximum absolute atomic E-state index is 2.49. The maximum Gasteiger partial charge on any atom is 0.123 e. The fraction of sp³-hybridized carbons (Fsp3) is 0. The molecule has 0 saturated heterocycles. The number of aromatic nitrogens is 3. The number of hydrogen-bond donors (Lipinski definition) is 0. The Morgan fingerprint density at radius 1 is 0.148 bits per heavy atom. The molecule has 0 fully saturated rings. The fourth-order valence-electron chi connectivity index (χ4n) is 21.6. The van der Waals surface area contributed by atoms with Crippen LogP contribution in [0.5, 0.6) is 0 Å². The average molecular weight is 1550 g/mol. The smallest absolute Gasteiger partial charge is 0.123 e. The molecule has 3 aliphatic carbocycles. The molecule has 0 radical (unpaired) electrons. The number of anilines is 9. The molecule has 6 nitrogen and oxygen atoms in total. The van der Waals surface area contributed by atoms with Crippen molar-refractivity contribution in [1.82, 2.24) is 13.7 Å². The second-order valence-electron chi connectivity index (χ2n) is 33.0. The average Bonchev–Trinajstić information content (AvgIpc) is 1.55. The molecule has 20 aromatic carbocycles. The van der Waals surface area contributed by atoms with Crippen molar-refractivity contribution in [2.24, 2.45) is 0 Å². The highest BCUT2D eigenvalue weighted by Crippen LogP contribution is 2.59. The van der Waals surface area contributed by atoms with E-state index in [1.807, 2.05) is 0 Å². The van der Waals surface area contributed by atoms with Gasteiger partial charge in [-0.05, 0) is 218 Å². The van der Waals surface area contributed by atoms with E-state index >= 15 is 0 Å². The van der Waals surface area contributed by atoms with Crippen molar-refractivity contribution in [2.45, 2.75) is 0 Å². The van der Waals surface area contributed by atoms with Gasteiger partial charge in [0.1, 0.15) is 17.5 Å². The predicted octanol–water partition coefficient (Wildman–Crippen LogP) is 32.0. The molecular formula is C116H70N6. The Kier molecular flexibility index (Phi) is 14.0. The van der Waals surface area contributed by atoms with Crippen LogP contribution in [0.15, 0.2) is 425 Å². The molecule has 29 rings (SSSR count). The van der Waals surface area contributed by atoms with Crippen LogP contribution in [0.1, 0.15) is 0 Å². The van der Waals surface area contributed by atoms with Gasteiger partial charge >= 0.3 is 0 Å². The Labute approximate surface area is 703 Å². The zero-order chi connectivity index (χ0) is 79.5. The molecule has 23 aromatic rings. The second kappa shape index (κ2) is 25.6. The minimum Gasteiger partial charge on any atom is -0.295 e. The van der Waals surface area contributed by atoms with Crippen LogP contribution in [0.4, 0.5) is 51.6 Å². The topological polar surface area (TPSA) is 24.5 Å². The predicted molar refractivity (Wildman–Crippen MR) is 512 cm³/mol. The van der Waals surface area contributed by atoms with Crippen LogP contribution in [0, 0.1) is 0 Å². The lowest BCUT2D eigenvalue weighted by molar-refractivity contribution is 1.09. The molecule has 6 aliphatic rings. The highest BCUT2D eigenvalue weighted by atomic mass is 15.3. The summed E-state index contributed by atoms with van der Waals surface area (Å²) >= 11 is 0. The van der Waals surface area contributed by atoms with E-state index < -0.39 is 0 Å². The van der Waals surface area contributed by atoms with Crippen LogP contribution in [0.2, 0.25) is 0 Å². The molecule has 0 bridgehead atoms. The van der Waals surface area contributed by atoms with Crippen LogP contribution in [0.25, 0.3) is 204 Å². The van der Waals surface area contributed by atoms with E-state index in [0.717, 1.165) is 17.5 Å². The van der Waals surface area contributed by atoms with Crippen molar-refractivity contribution in [1.29, 1.82) is 0 Å². The molecule has 6 heterocycles. The Bertz CT molecular complexity index is 8520. The summed E-state index contributed by atoms with van der Waals surface area (Å²) in [5, 5.41) is 16.6. The largest absolute Gasteiger partial charge is 0.295 e. The summed E-state index contributed by atoms with van der Waals surface area (Å²) in [4.78, 5) is 7.43. The van der Waals surface area contributed by atoms with Gasteiger partial charge in [-0.25, -0.2) is 0 Å². The summed E-state index contributed by atoms with van der Waals surface area (Å²) < 4.78 is 7.37. The third-order valence-corrected chi connectivity index (χ3v) is 26.6. The SMILES string of the molecule is c1ccc2c(c1)-c1cccc3cc(N4c5ccc6ccccc6c5-c5ccccc5-n5c4cc4ccccc45)cc-2c13.c1ccc2c(c1)-c1cccc3cc(N4c5ccccc5-c5ccc6ccccc6c5-n5c4cc4ccccc45)cc-2c13.c1ccc2c(c1)-c1cccc3cc(N4c5ccccc5-c5ccccc5-n5c4cc4ccccc45)cc-2c13. The van der Waals surface area contributed by atoms with E-state index in [1.165, 1.54) is 238 Å². The van der Waals surface area contributed by atoms with Crippen molar-refractivity contribution in [2.75, 3.05) is 14.7 Å². The highest BCUT2D eigenvalue weighted by molar-refractivity contribution is 6.21. The summed E-state index contributed by atoms with van der Waals surface area (Å²) in [6.45, 7) is 0. The molecule has 3 aliphatic heterocycles. The lowest BCUT2D eigenvalue weighted by Gasteiger charge is -2.27. The summed E-state index contributed by atoms with van der Waals surface area (Å²) in [5.74, 6) is 3.44. The van der Waals surface area contributed by atoms with E-state index in [2.05, 4.69) is 453 Å². The van der Waals surface area contributed by atoms with Crippen LogP contribution in [0.3, 0.4) is 0 Å². The Morgan fingerprint density at radius 3 is 0.902 bits per heavy atom. The second-order valence-corrected chi connectivity index (χ2v) is 33.0. The lowest BCUT2D eigenvalue weighted by Crippen LogP contribution is -2.13. The minimum absolute atomic E-state index is 1.15. The third-order valence-electron chi connectivity index (χ3n) is 26.6. The Morgan fingerprint density at radius 2 is 0.443 bits per heavy atom. The van der Waals surface area contributed by atoms with Gasteiger partial charge in [0.25, 0.3) is 0 Å². The van der Waals surface area contributed by atoms with Crippen molar-refractivity contribution in [3.8, 4) is 117 Å². The van der Waals surface area contributed by atoms with Crippen LogP contribution in [-0.2, 0) is 0 Å². The molecule has 3 aromatic heterocycles. The van der Waals surface area contributed by atoms with Gasteiger partial charge in [0.05, 0.1) is 50.7 Å². The van der Waals surface area contributed by atoms with Gasteiger partial charge in [-0.15, -0.1) is 0 Å². The van der Waals surface area contributed by atoms with Crippen molar-refractivity contribution >= 4 is 138 Å². The van der Waals surface area contributed by atoms with E-state index in [0.29, 0.717) is 0 Å². The van der Waals surface area contributed by atoms with E-state index in [1.54, 1.807) is 0 Å². The summed E-state index contributed by atoms with van der Waals surface area (Å²) in [5.41, 5.74) is 37.6. The molecule has 0 atom stereocenters. The molecular weight excluding hydrogens is 1480 g/mol. The van der Waals surface area contributed by atoms with Gasteiger partial charge in [0, 0.05) is 72.0 Å². The number of para-hydroxylation sites is 7. The van der Waals surface area contributed by atoms with Crippen molar-refractivity contribution in [3.63, 3.8) is 0 Å². The van der Waals surface area contributed by atoms with Gasteiger partial charge in [-0.2, -0.15) is 0 Å². The molecule has 0 unspecified atom stereocenters. The van der Waals surface area contributed by atoms with Crippen molar-refractivity contribution in [3.05, 3.63) is 425 Å². The molecule has 0 saturated carbocycles. The molecule has 0 spiro atoms. The number of benzene rings is 20. The molecule has 0 N–H and O–H groups in total. The zero-order valence-electron chi connectivity index (χ0n) is 66.1. The van der Waals surface area contributed by atoms with E-state index in [-0.39, 0.29) is 0 Å². The summed E-state index contributed by atoms with van der Waals surface area (Å²) in [6.07, 6.45) is 0. The zero-order valence-corrected chi connectivity index (χ0v) is 66.1. The first kappa shape index (κ1) is 66.8. The van der Waals surface area contributed by atoms with Gasteiger partial charge < -0.3 is 0 Å². The number of fused-ring (bicyclic) bond motifs is 34. The van der Waals surface area contributed by atoms with Crippen LogP contribution >= 0.6 is 0 Å². The molecule has 0 amide bonds. The monoisotopic (exact) mass is 1550 g/mol. The quantitative estimate of drug-likeness (QED) is 0.176. The normalized spacial score (nSPS) is 12.7. The van der Waals surface area contributed by atoms with Gasteiger partial charge in [0.15, 0.2) is 0 Å². The minimum atomic E-state index is 1.15. The van der Waals surface area contributed by atoms with E-state index in [4.69, 9.17) is 0 Å². The van der Waals surface area contributed by atoms with Gasteiger partial charge in [-0.3, -0.25) is 28.4 Å². The highest BCUT2D eigenvalue weighted by Gasteiger charge is 2.36. The summed E-state index contributed by atoms with van der Waals surface area (Å²) in [6, 6.07) is 156. The first-order valence-electron chi connectivity index (χ1n) is 42.2. The molecule has 122 heavy (non-hydrogen) atoms. The van der Waals surface area contributed by atoms with Crippen LogP contribution in [-0.4, -0.2) is 13.7 Å². The Balaban J connectivity index is 0.0000000963. The van der Waals surface area contributed by atoms with Crippen LogP contribution < -0.4 is 14.7 Å². The summed E-state index contributed by atoms with van der Waals surface area (Å²) in [7, 11) is 0. The standard InChI is InChI=1S/2C40H24N2.C36H22N2/c1-3-13-29-25(10-1)20-21-37-40(29)33-16-6-8-19-36(33)42-35-18-7-2-11-26(35)23-38(42)41(37)28-22-27-12-9-17-32-30-14-4-5-15-31(30)34(24-28)39(27)32;1-3-13-29-25(10-1)20-21-34-32-16-6-8-19-37(32)41(38-23-26-11-2-7-18-36(26)42(38)40(29)34)28-22-27-12-9-17-33-30-14-4-5-15-31(30)35(24-28)39(27)33;1-6-17-32-23(10-1)21-35-37(33-18-7-4-14-28(33)29-15-5-8-19-34(29)38(32)35)25-20-24-11-9-16-30-26-12-2-3-13-27(26)31(22-25)36(24)30/h2*1-24H;1-22H. The number of nitrogens with zero attached hydrogens (tertiary/aromatic N) is 6. The first-order valence-corrected chi connectivity index (χ1v) is 42.2. The van der Waals surface area contributed by atoms with Crippen molar-refractivity contribution < 1.29 is 0 Å². The van der Waals surface area contributed by atoms with E-state index in [9.17, 15) is 0 Å².